The van der Waals surface area contributed by atoms with Gasteiger partial charge in [0.15, 0.2) is 0 Å². The summed E-state index contributed by atoms with van der Waals surface area (Å²) < 4.78 is 0. The molecule has 2 aromatic rings. The molecule has 80 valence electrons. The predicted octanol–water partition coefficient (Wildman–Crippen LogP) is 1.60. The minimum absolute atomic E-state index is 0.0545. The van der Waals surface area contributed by atoms with Gasteiger partial charge in [-0.15, -0.1) is 0 Å². The fraction of sp³-hybridized carbons (Fsp3) is 0.300. The standard InChI is InChI=1S/C10H12ClN3O/c11-6-1-2-8-9(5-6)14-10(13-8)7(12)3-4-15/h1-2,5,7,15H,3-4,12H2,(H,13,14)/t7-/m0/s1. The van der Waals surface area contributed by atoms with Crippen LogP contribution < -0.4 is 5.73 Å². The molecule has 4 N–H and O–H groups in total. The van der Waals surface area contributed by atoms with E-state index >= 15 is 0 Å². The number of nitrogens with zero attached hydrogens (tertiary/aromatic N) is 1. The maximum atomic E-state index is 8.77. The van der Waals surface area contributed by atoms with E-state index in [1.165, 1.54) is 0 Å². The number of nitrogens with one attached hydrogen (secondary N) is 1. The number of fused-ring (bicyclic) bond motifs is 1. The highest BCUT2D eigenvalue weighted by Gasteiger charge is 2.10. The maximum absolute atomic E-state index is 8.77. The van der Waals surface area contributed by atoms with Crippen LogP contribution in [0.4, 0.5) is 0 Å². The first kappa shape index (κ1) is 10.4. The Hall–Kier alpha value is -1.10. The average molecular weight is 226 g/mol. The number of imidazole rings is 1. The smallest absolute Gasteiger partial charge is 0.124 e. The molecule has 1 atom stereocenters. The summed E-state index contributed by atoms with van der Waals surface area (Å²) in [6, 6.07) is 5.17. The lowest BCUT2D eigenvalue weighted by molar-refractivity contribution is 0.275. The third-order valence-corrected chi connectivity index (χ3v) is 2.49. The first-order valence-electron chi connectivity index (χ1n) is 4.72. The fourth-order valence-electron chi connectivity index (χ4n) is 1.45. The van der Waals surface area contributed by atoms with Gasteiger partial charge in [-0.2, -0.15) is 0 Å². The summed E-state index contributed by atoms with van der Waals surface area (Å²) in [6.07, 6.45) is 0.494. The molecular formula is C10H12ClN3O. The SMILES string of the molecule is N[C@@H](CCO)c1nc2cc(Cl)ccc2[nH]1. The van der Waals surface area contributed by atoms with E-state index in [-0.39, 0.29) is 12.6 Å². The molecule has 0 radical (unpaired) electrons. The van der Waals surface area contributed by atoms with Crippen molar-refractivity contribution < 1.29 is 5.11 Å². The Morgan fingerprint density at radius 3 is 3.07 bits per heavy atom. The zero-order chi connectivity index (χ0) is 10.8. The zero-order valence-electron chi connectivity index (χ0n) is 8.07. The van der Waals surface area contributed by atoms with Crippen LogP contribution in [0.15, 0.2) is 18.2 Å². The Kier molecular flexibility index (Phi) is 2.90. The second kappa shape index (κ2) is 4.18. The van der Waals surface area contributed by atoms with Gasteiger partial charge in [-0.25, -0.2) is 4.98 Å². The molecule has 0 amide bonds. The molecule has 0 saturated carbocycles. The molecular weight excluding hydrogens is 214 g/mol. The molecule has 0 spiro atoms. The number of H-pyrrole nitrogens is 1. The number of aliphatic hydroxyl groups is 1. The van der Waals surface area contributed by atoms with Gasteiger partial charge in [-0.05, 0) is 24.6 Å². The lowest BCUT2D eigenvalue weighted by atomic mass is 10.2. The van der Waals surface area contributed by atoms with E-state index in [9.17, 15) is 0 Å². The number of aromatic amines is 1. The van der Waals surface area contributed by atoms with Crippen LogP contribution in [-0.2, 0) is 0 Å². The Labute approximate surface area is 92.1 Å². The van der Waals surface area contributed by atoms with E-state index in [0.717, 1.165) is 11.0 Å². The third kappa shape index (κ3) is 2.12. The number of hydrogen-bond acceptors (Lipinski definition) is 3. The van der Waals surface area contributed by atoms with Crippen LogP contribution in [0.5, 0.6) is 0 Å². The summed E-state index contributed by atoms with van der Waals surface area (Å²) in [5.41, 5.74) is 7.52. The molecule has 4 nitrogen and oxygen atoms in total. The topological polar surface area (TPSA) is 74.9 Å². The van der Waals surface area contributed by atoms with Crippen LogP contribution in [0, 0.1) is 0 Å². The van der Waals surface area contributed by atoms with Gasteiger partial charge in [0, 0.05) is 11.6 Å². The Morgan fingerprint density at radius 1 is 1.53 bits per heavy atom. The summed E-state index contributed by atoms with van der Waals surface area (Å²) in [6.45, 7) is 0.0545. The van der Waals surface area contributed by atoms with Crippen LogP contribution in [0.2, 0.25) is 5.02 Å². The first-order valence-corrected chi connectivity index (χ1v) is 5.10. The Balaban J connectivity index is 2.38. The predicted molar refractivity (Wildman–Crippen MR) is 59.7 cm³/mol. The molecule has 2 rings (SSSR count). The Bertz CT molecular complexity index is 469. The van der Waals surface area contributed by atoms with Gasteiger partial charge in [-0.3, -0.25) is 0 Å². The van der Waals surface area contributed by atoms with Gasteiger partial charge in [0.1, 0.15) is 5.82 Å². The molecule has 0 fully saturated rings. The lowest BCUT2D eigenvalue weighted by Crippen LogP contribution is -2.13. The molecule has 5 heteroatoms. The van der Waals surface area contributed by atoms with Crippen LogP contribution >= 0.6 is 11.6 Å². The molecule has 1 aromatic carbocycles. The molecule has 0 aliphatic heterocycles. The van der Waals surface area contributed by atoms with E-state index in [1.54, 1.807) is 12.1 Å². The summed E-state index contributed by atoms with van der Waals surface area (Å²) in [5, 5.41) is 9.42. The molecule has 0 unspecified atom stereocenters. The van der Waals surface area contributed by atoms with Crippen molar-refractivity contribution >= 4 is 22.6 Å². The van der Waals surface area contributed by atoms with Crippen molar-refractivity contribution in [3.8, 4) is 0 Å². The minimum atomic E-state index is -0.263. The quantitative estimate of drug-likeness (QED) is 0.743. The molecule has 1 aromatic heterocycles. The molecule has 0 saturated heterocycles. The summed E-state index contributed by atoms with van der Waals surface area (Å²) >= 11 is 5.84. The van der Waals surface area contributed by atoms with E-state index in [4.69, 9.17) is 22.4 Å². The number of aliphatic hydroxyl groups excluding tert-OH is 1. The lowest BCUT2D eigenvalue weighted by Gasteiger charge is -2.04. The van der Waals surface area contributed by atoms with Crippen molar-refractivity contribution in [3.63, 3.8) is 0 Å². The van der Waals surface area contributed by atoms with Crippen LogP contribution in [-0.4, -0.2) is 21.7 Å². The summed E-state index contributed by atoms with van der Waals surface area (Å²) in [7, 11) is 0. The highest BCUT2D eigenvalue weighted by molar-refractivity contribution is 6.31. The second-order valence-corrected chi connectivity index (χ2v) is 3.84. The van der Waals surface area contributed by atoms with Crippen molar-refractivity contribution in [3.05, 3.63) is 29.0 Å². The van der Waals surface area contributed by atoms with Crippen molar-refractivity contribution in [2.24, 2.45) is 5.73 Å². The highest BCUT2D eigenvalue weighted by atomic mass is 35.5. The van der Waals surface area contributed by atoms with Crippen molar-refractivity contribution in [1.82, 2.24) is 9.97 Å². The van der Waals surface area contributed by atoms with Crippen molar-refractivity contribution in [2.45, 2.75) is 12.5 Å². The van der Waals surface area contributed by atoms with Gasteiger partial charge in [0.2, 0.25) is 0 Å². The average Bonchev–Trinajstić information content (AvgIpc) is 2.60. The normalized spacial score (nSPS) is 13.3. The molecule has 0 aliphatic carbocycles. The molecule has 0 bridgehead atoms. The summed E-state index contributed by atoms with van der Waals surface area (Å²) in [5.74, 6) is 0.682. The van der Waals surface area contributed by atoms with Gasteiger partial charge in [0.05, 0.1) is 17.1 Å². The molecule has 1 heterocycles. The monoisotopic (exact) mass is 225 g/mol. The number of halogens is 1. The van der Waals surface area contributed by atoms with Crippen LogP contribution in [0.25, 0.3) is 11.0 Å². The molecule has 15 heavy (non-hydrogen) atoms. The second-order valence-electron chi connectivity index (χ2n) is 3.40. The maximum Gasteiger partial charge on any atom is 0.124 e. The zero-order valence-corrected chi connectivity index (χ0v) is 8.83. The number of benzene rings is 1. The van der Waals surface area contributed by atoms with Gasteiger partial charge in [0.25, 0.3) is 0 Å². The van der Waals surface area contributed by atoms with Crippen molar-refractivity contribution in [1.29, 1.82) is 0 Å². The fourth-order valence-corrected chi connectivity index (χ4v) is 1.62. The summed E-state index contributed by atoms with van der Waals surface area (Å²) in [4.78, 5) is 7.42. The van der Waals surface area contributed by atoms with E-state index in [2.05, 4.69) is 9.97 Å². The first-order chi connectivity index (χ1) is 7.20. The number of hydrogen-bond donors (Lipinski definition) is 3. The highest BCUT2D eigenvalue weighted by Crippen LogP contribution is 2.19. The Morgan fingerprint density at radius 2 is 2.33 bits per heavy atom. The van der Waals surface area contributed by atoms with E-state index in [1.807, 2.05) is 6.07 Å². The van der Waals surface area contributed by atoms with E-state index < -0.39 is 0 Å². The third-order valence-electron chi connectivity index (χ3n) is 2.25. The number of rotatable bonds is 3. The van der Waals surface area contributed by atoms with Gasteiger partial charge in [-0.1, -0.05) is 11.6 Å². The van der Waals surface area contributed by atoms with Crippen LogP contribution in [0.1, 0.15) is 18.3 Å². The molecule has 0 aliphatic rings. The van der Waals surface area contributed by atoms with Gasteiger partial charge < -0.3 is 15.8 Å². The minimum Gasteiger partial charge on any atom is -0.396 e. The van der Waals surface area contributed by atoms with E-state index in [0.29, 0.717) is 17.3 Å². The van der Waals surface area contributed by atoms with Crippen LogP contribution in [0.3, 0.4) is 0 Å². The number of aromatic nitrogens is 2. The largest absolute Gasteiger partial charge is 0.396 e. The number of nitrogens with two attached hydrogens (primary N) is 1. The van der Waals surface area contributed by atoms with Crippen molar-refractivity contribution in [2.75, 3.05) is 6.61 Å². The van der Waals surface area contributed by atoms with Gasteiger partial charge >= 0.3 is 0 Å².